The van der Waals surface area contributed by atoms with E-state index in [2.05, 4.69) is 10.3 Å². The molecule has 0 spiro atoms. The van der Waals surface area contributed by atoms with Crippen LogP contribution in [-0.4, -0.2) is 29.7 Å². The first-order chi connectivity index (χ1) is 9.11. The third-order valence-corrected chi connectivity index (χ3v) is 3.33. The number of aromatic nitrogens is 1. The van der Waals surface area contributed by atoms with Gasteiger partial charge in [0.05, 0.1) is 0 Å². The van der Waals surface area contributed by atoms with Crippen LogP contribution < -0.4 is 5.32 Å². The summed E-state index contributed by atoms with van der Waals surface area (Å²) in [5.41, 5.74) is 0.445. The summed E-state index contributed by atoms with van der Waals surface area (Å²) in [5.74, 6) is -1.57. The van der Waals surface area contributed by atoms with Crippen molar-refractivity contribution in [3.8, 4) is 10.4 Å². The summed E-state index contributed by atoms with van der Waals surface area (Å²) in [4.78, 5) is 15.4. The molecule has 1 heterocycles. The van der Waals surface area contributed by atoms with E-state index in [9.17, 15) is 13.9 Å². The van der Waals surface area contributed by atoms with Gasteiger partial charge in [-0.05, 0) is 0 Å². The zero-order chi connectivity index (χ0) is 13.8. The maximum atomic E-state index is 12.9. The molecule has 0 saturated carbocycles. The van der Waals surface area contributed by atoms with Crippen molar-refractivity contribution < 1.29 is 19.0 Å². The summed E-state index contributed by atoms with van der Waals surface area (Å²) in [6.45, 7) is 0. The molecule has 0 fully saturated rings. The van der Waals surface area contributed by atoms with Gasteiger partial charge in [0.15, 0.2) is 0 Å². The van der Waals surface area contributed by atoms with Crippen LogP contribution in [0.4, 0.5) is 9.52 Å². The first-order valence-corrected chi connectivity index (χ1v) is 6.11. The van der Waals surface area contributed by atoms with Crippen molar-refractivity contribution in [1.82, 2.24) is 4.98 Å². The molecule has 2 N–H and O–H groups in total. The normalized spacial score (nSPS) is 9.95. The molecule has 0 radical (unpaired) electrons. The fraction of sp³-hybridized carbons (Fsp3) is 0.0909. The monoisotopic (exact) mass is 278 g/mol. The topological polar surface area (TPSA) is 79.3 Å². The van der Waals surface area contributed by atoms with E-state index >= 15 is 0 Å². The van der Waals surface area contributed by atoms with Crippen molar-refractivity contribution in [1.29, 1.82) is 0 Å². The summed E-state index contributed by atoms with van der Waals surface area (Å²) in [6, 6.07) is 5.47. The fourth-order valence-corrected chi connectivity index (χ4v) is 2.44. The van der Waals surface area contributed by atoms with Crippen LogP contribution in [0.2, 0.25) is 0 Å². The molecular formula is C11H8BFN2O3S. The third kappa shape index (κ3) is 3.03. The molecule has 1 aromatic carbocycles. The van der Waals surface area contributed by atoms with Gasteiger partial charge in [0.1, 0.15) is 0 Å². The van der Waals surface area contributed by atoms with E-state index in [1.54, 1.807) is 0 Å². The molecule has 0 aliphatic carbocycles. The van der Waals surface area contributed by atoms with E-state index < -0.39 is 11.8 Å². The van der Waals surface area contributed by atoms with Crippen LogP contribution in [0.5, 0.6) is 0 Å². The molecule has 0 bridgehead atoms. The van der Waals surface area contributed by atoms with Crippen LogP contribution in [-0.2, 0) is 4.70 Å². The summed E-state index contributed by atoms with van der Waals surface area (Å²) < 4.78 is 23.1. The minimum absolute atomic E-state index is 0.0510. The molecule has 5 nitrogen and oxygen atoms in total. The fourth-order valence-electron chi connectivity index (χ4n) is 1.47. The number of aromatic carboxylic acids is 1. The molecule has 2 rings (SSSR count). The number of thiazole rings is 1. The van der Waals surface area contributed by atoms with Gasteiger partial charge in [0.2, 0.25) is 0 Å². The SMILES string of the molecule is O=BCNc1nc(C(=O)O)c(-c2ccc(F)cc2)s1. The van der Waals surface area contributed by atoms with Gasteiger partial charge in [-0.15, -0.1) is 0 Å². The van der Waals surface area contributed by atoms with Crippen molar-refractivity contribution in [2.45, 2.75) is 0 Å². The number of rotatable bonds is 5. The summed E-state index contributed by atoms with van der Waals surface area (Å²) in [5, 5.41) is 12.1. The molecule has 0 unspecified atom stereocenters. The molecule has 8 heteroatoms. The molecule has 1 aromatic heterocycles. The molecule has 0 atom stereocenters. The number of anilines is 1. The van der Waals surface area contributed by atoms with E-state index in [0.717, 1.165) is 11.3 Å². The Balaban J connectivity index is 2.42. The Bertz CT molecular complexity index is 615. The van der Waals surface area contributed by atoms with Gasteiger partial charge >= 0.3 is 112 Å². The van der Waals surface area contributed by atoms with Crippen molar-refractivity contribution in [2.24, 2.45) is 0 Å². The minimum atomic E-state index is -1.17. The van der Waals surface area contributed by atoms with Crippen LogP contribution in [0.1, 0.15) is 10.5 Å². The third-order valence-electron chi connectivity index (χ3n) is 2.27. The molecule has 0 saturated heterocycles. The molecule has 96 valence electrons. The van der Waals surface area contributed by atoms with E-state index in [4.69, 9.17) is 5.11 Å². The van der Waals surface area contributed by atoms with Gasteiger partial charge < -0.3 is 0 Å². The Kier molecular flexibility index (Phi) is 4.01. The zero-order valence-corrected chi connectivity index (χ0v) is 10.4. The quantitative estimate of drug-likeness (QED) is 0.818. The van der Waals surface area contributed by atoms with Crippen LogP contribution in [0.25, 0.3) is 10.4 Å². The summed E-state index contributed by atoms with van der Waals surface area (Å²) in [6.07, 6.45) is 0.0510. The number of carbonyl (C=O) groups is 1. The van der Waals surface area contributed by atoms with Crippen molar-refractivity contribution in [3.63, 3.8) is 0 Å². The first kappa shape index (κ1) is 13.3. The van der Waals surface area contributed by atoms with Gasteiger partial charge in [-0.3, -0.25) is 0 Å². The van der Waals surface area contributed by atoms with E-state index in [0.29, 0.717) is 22.7 Å². The van der Waals surface area contributed by atoms with Crippen LogP contribution in [0, 0.1) is 5.82 Å². The number of carboxylic acid groups (broad SMARTS) is 1. The molecule has 0 amide bonds. The van der Waals surface area contributed by atoms with Gasteiger partial charge in [0, 0.05) is 0 Å². The molecular weight excluding hydrogens is 270 g/mol. The number of halogens is 1. The van der Waals surface area contributed by atoms with E-state index in [1.165, 1.54) is 24.3 Å². The molecule has 0 aliphatic heterocycles. The van der Waals surface area contributed by atoms with Crippen LogP contribution in [0.15, 0.2) is 24.3 Å². The Morgan fingerprint density at radius 1 is 1.42 bits per heavy atom. The van der Waals surface area contributed by atoms with E-state index in [-0.39, 0.29) is 12.1 Å². The molecule has 2 aromatic rings. The van der Waals surface area contributed by atoms with Gasteiger partial charge in [-0.25, -0.2) is 0 Å². The number of hydrogen-bond acceptors (Lipinski definition) is 5. The molecule has 0 aliphatic rings. The van der Waals surface area contributed by atoms with E-state index in [1.807, 2.05) is 0 Å². The van der Waals surface area contributed by atoms with Gasteiger partial charge in [-0.2, -0.15) is 0 Å². The number of nitrogens with one attached hydrogen (secondary N) is 1. The second kappa shape index (κ2) is 5.70. The predicted octanol–water partition coefficient (Wildman–Crippen LogP) is 2.07. The summed E-state index contributed by atoms with van der Waals surface area (Å²) >= 11 is 1.10. The second-order valence-corrected chi connectivity index (χ2v) is 4.56. The average molecular weight is 278 g/mol. The Labute approximate surface area is 112 Å². The first-order valence-electron chi connectivity index (χ1n) is 5.29. The number of benzene rings is 1. The van der Waals surface area contributed by atoms with Crippen molar-refractivity contribution >= 4 is 29.6 Å². The Hall–Kier alpha value is -2.09. The molecule has 19 heavy (non-hydrogen) atoms. The summed E-state index contributed by atoms with van der Waals surface area (Å²) in [7, 11) is 0.652. The second-order valence-electron chi connectivity index (χ2n) is 3.56. The average Bonchev–Trinajstić information content (AvgIpc) is 2.81. The van der Waals surface area contributed by atoms with Crippen LogP contribution in [0.3, 0.4) is 0 Å². The van der Waals surface area contributed by atoms with Gasteiger partial charge in [-0.1, -0.05) is 0 Å². The van der Waals surface area contributed by atoms with Crippen molar-refractivity contribution in [2.75, 3.05) is 11.8 Å². The van der Waals surface area contributed by atoms with Gasteiger partial charge in [0.25, 0.3) is 0 Å². The Morgan fingerprint density at radius 3 is 2.68 bits per heavy atom. The zero-order valence-electron chi connectivity index (χ0n) is 9.59. The Morgan fingerprint density at radius 2 is 2.11 bits per heavy atom. The number of nitrogens with zero attached hydrogens (tertiary/aromatic N) is 1. The number of carboxylic acids is 1. The predicted molar refractivity (Wildman–Crippen MR) is 69.4 cm³/mol. The maximum absolute atomic E-state index is 12.9. The standard InChI is InChI=1S/C11H8BFN2O3S/c13-7-3-1-6(2-4-7)9-8(10(16)17)15-11(19-9)14-5-12-18/h1-4H,5H2,(H,14,15)(H,16,17). The van der Waals surface area contributed by atoms with Crippen LogP contribution >= 0.6 is 11.3 Å². The number of hydrogen-bond donors (Lipinski definition) is 2. The van der Waals surface area contributed by atoms with Crippen molar-refractivity contribution in [3.05, 3.63) is 35.8 Å².